The lowest BCUT2D eigenvalue weighted by Gasteiger charge is -2.34. The van der Waals surface area contributed by atoms with Crippen molar-refractivity contribution >= 4 is 43.2 Å². The zero-order chi connectivity index (χ0) is 19.6. The molecular formula is C17H19BrN2O5S2. The first kappa shape index (κ1) is 20.1. The number of carbonyl (C=O) groups excluding carboxylic acids is 1. The molecule has 10 heteroatoms. The van der Waals surface area contributed by atoms with E-state index in [4.69, 9.17) is 9.47 Å². The Labute approximate surface area is 170 Å². The maximum absolute atomic E-state index is 12.9. The van der Waals surface area contributed by atoms with Gasteiger partial charge in [0.25, 0.3) is 15.9 Å². The average Bonchev–Trinajstić information content (AvgIpc) is 3.14. The maximum Gasteiger partial charge on any atom is 0.257 e. The van der Waals surface area contributed by atoms with Crippen LogP contribution in [0.2, 0.25) is 0 Å². The van der Waals surface area contributed by atoms with E-state index in [-0.39, 0.29) is 19.0 Å². The summed E-state index contributed by atoms with van der Waals surface area (Å²) in [4.78, 5) is 14.5. The van der Waals surface area contributed by atoms with Gasteiger partial charge in [0, 0.05) is 26.2 Å². The summed E-state index contributed by atoms with van der Waals surface area (Å²) >= 11 is 4.47. The zero-order valence-electron chi connectivity index (χ0n) is 14.8. The van der Waals surface area contributed by atoms with E-state index in [0.717, 1.165) is 3.79 Å². The van der Waals surface area contributed by atoms with Crippen LogP contribution >= 0.6 is 27.3 Å². The molecule has 146 valence electrons. The molecule has 0 atom stereocenters. The number of thiophene rings is 1. The van der Waals surface area contributed by atoms with Crippen LogP contribution in [-0.2, 0) is 10.0 Å². The van der Waals surface area contributed by atoms with E-state index in [1.54, 1.807) is 35.2 Å². The van der Waals surface area contributed by atoms with Gasteiger partial charge in [-0.1, -0.05) is 6.07 Å². The number of halogens is 1. The Kier molecular flexibility index (Phi) is 6.09. The highest BCUT2D eigenvalue weighted by Gasteiger charge is 2.32. The number of hydrogen-bond acceptors (Lipinski definition) is 6. The van der Waals surface area contributed by atoms with Crippen LogP contribution in [0.4, 0.5) is 0 Å². The van der Waals surface area contributed by atoms with E-state index in [9.17, 15) is 13.2 Å². The lowest BCUT2D eigenvalue weighted by molar-refractivity contribution is 0.0694. The van der Waals surface area contributed by atoms with Crippen molar-refractivity contribution in [1.29, 1.82) is 0 Å². The van der Waals surface area contributed by atoms with E-state index in [0.29, 0.717) is 34.4 Å². The third-order valence-electron chi connectivity index (χ3n) is 4.30. The van der Waals surface area contributed by atoms with Crippen molar-refractivity contribution in [1.82, 2.24) is 9.21 Å². The highest BCUT2D eigenvalue weighted by atomic mass is 79.9. The highest BCUT2D eigenvalue weighted by Crippen LogP contribution is 2.32. The predicted molar refractivity (Wildman–Crippen MR) is 106 cm³/mol. The minimum absolute atomic E-state index is 0.207. The number of para-hydroxylation sites is 1. The molecule has 1 saturated heterocycles. The average molecular weight is 475 g/mol. The number of sulfonamides is 1. The van der Waals surface area contributed by atoms with E-state index in [1.807, 2.05) is 0 Å². The molecule has 0 bridgehead atoms. The van der Waals surface area contributed by atoms with Crippen LogP contribution in [-0.4, -0.2) is 63.9 Å². The Bertz CT molecular complexity index is 937. The first-order valence-corrected chi connectivity index (χ1v) is 11.2. The molecule has 1 amide bonds. The van der Waals surface area contributed by atoms with E-state index < -0.39 is 10.0 Å². The number of methoxy groups -OCH3 is 2. The molecule has 7 nitrogen and oxygen atoms in total. The number of carbonyl (C=O) groups is 1. The molecule has 3 rings (SSSR count). The number of amides is 1. The Morgan fingerprint density at radius 3 is 2.33 bits per heavy atom. The second-order valence-electron chi connectivity index (χ2n) is 5.80. The molecule has 0 unspecified atom stereocenters. The van der Waals surface area contributed by atoms with Crippen molar-refractivity contribution in [2.75, 3.05) is 40.4 Å². The number of piperazine rings is 1. The highest BCUT2D eigenvalue weighted by molar-refractivity contribution is 9.11. The third-order valence-corrected chi connectivity index (χ3v) is 8.29. The fourth-order valence-corrected chi connectivity index (χ4v) is 6.51. The van der Waals surface area contributed by atoms with Gasteiger partial charge in [0.1, 0.15) is 4.21 Å². The van der Waals surface area contributed by atoms with Crippen LogP contribution in [0.5, 0.6) is 11.5 Å². The SMILES string of the molecule is COc1cccc(C(=O)N2CCN(S(=O)(=O)c3ccc(Br)s3)CC2)c1OC. The van der Waals surface area contributed by atoms with Crippen LogP contribution in [0.1, 0.15) is 10.4 Å². The minimum Gasteiger partial charge on any atom is -0.493 e. The monoisotopic (exact) mass is 474 g/mol. The van der Waals surface area contributed by atoms with Crippen LogP contribution in [0.3, 0.4) is 0 Å². The second-order valence-corrected chi connectivity index (χ2v) is 10.4. The Morgan fingerprint density at radius 2 is 1.78 bits per heavy atom. The summed E-state index contributed by atoms with van der Waals surface area (Å²) in [6, 6.07) is 8.42. The zero-order valence-corrected chi connectivity index (χ0v) is 18.1. The van der Waals surface area contributed by atoms with Crippen molar-refractivity contribution < 1.29 is 22.7 Å². The molecule has 0 radical (unpaired) electrons. The molecule has 1 fully saturated rings. The molecule has 1 aromatic heterocycles. The summed E-state index contributed by atoms with van der Waals surface area (Å²) in [5.74, 6) is 0.651. The largest absolute Gasteiger partial charge is 0.493 e. The van der Waals surface area contributed by atoms with Gasteiger partial charge in [-0.15, -0.1) is 11.3 Å². The number of rotatable bonds is 5. The van der Waals surface area contributed by atoms with Gasteiger partial charge in [-0.3, -0.25) is 4.79 Å². The molecule has 0 spiro atoms. The van der Waals surface area contributed by atoms with Gasteiger partial charge in [-0.2, -0.15) is 4.31 Å². The van der Waals surface area contributed by atoms with Gasteiger partial charge in [0.15, 0.2) is 11.5 Å². The Balaban J connectivity index is 1.74. The van der Waals surface area contributed by atoms with Crippen molar-refractivity contribution in [2.45, 2.75) is 4.21 Å². The van der Waals surface area contributed by atoms with Crippen LogP contribution in [0, 0.1) is 0 Å². The van der Waals surface area contributed by atoms with Gasteiger partial charge in [-0.05, 0) is 40.2 Å². The summed E-state index contributed by atoms with van der Waals surface area (Å²) in [5.41, 5.74) is 0.398. The van der Waals surface area contributed by atoms with E-state index in [2.05, 4.69) is 15.9 Å². The fraction of sp³-hybridized carbons (Fsp3) is 0.353. The van der Waals surface area contributed by atoms with Crippen LogP contribution in [0.15, 0.2) is 38.3 Å². The summed E-state index contributed by atoms with van der Waals surface area (Å²) in [5, 5.41) is 0. The number of ether oxygens (including phenoxy) is 2. The van der Waals surface area contributed by atoms with Crippen LogP contribution in [0.25, 0.3) is 0 Å². The molecule has 1 aliphatic rings. The first-order chi connectivity index (χ1) is 12.9. The van der Waals surface area contributed by atoms with Gasteiger partial charge in [0.05, 0.1) is 23.6 Å². The second kappa shape index (κ2) is 8.17. The minimum atomic E-state index is -3.54. The van der Waals surface area contributed by atoms with E-state index in [1.165, 1.54) is 29.9 Å². The molecule has 0 aliphatic carbocycles. The fourth-order valence-electron chi connectivity index (χ4n) is 2.92. The van der Waals surface area contributed by atoms with Crippen LogP contribution < -0.4 is 9.47 Å². The van der Waals surface area contributed by atoms with Gasteiger partial charge in [0.2, 0.25) is 0 Å². The maximum atomic E-state index is 12.9. The number of benzene rings is 1. The Morgan fingerprint density at radius 1 is 1.07 bits per heavy atom. The third kappa shape index (κ3) is 3.98. The van der Waals surface area contributed by atoms with Gasteiger partial charge < -0.3 is 14.4 Å². The molecule has 1 aromatic carbocycles. The van der Waals surface area contributed by atoms with E-state index >= 15 is 0 Å². The molecule has 2 heterocycles. The smallest absolute Gasteiger partial charge is 0.257 e. The van der Waals surface area contributed by atoms with Gasteiger partial charge in [-0.25, -0.2) is 8.42 Å². The lowest BCUT2D eigenvalue weighted by atomic mass is 10.1. The number of nitrogens with zero attached hydrogens (tertiary/aromatic N) is 2. The first-order valence-electron chi connectivity index (χ1n) is 8.14. The molecule has 1 aliphatic heterocycles. The van der Waals surface area contributed by atoms with Crippen molar-refractivity contribution in [3.8, 4) is 11.5 Å². The normalized spacial score (nSPS) is 15.6. The number of hydrogen-bond donors (Lipinski definition) is 0. The molecular weight excluding hydrogens is 456 g/mol. The van der Waals surface area contributed by atoms with Crippen molar-refractivity contribution in [3.05, 3.63) is 39.7 Å². The van der Waals surface area contributed by atoms with Gasteiger partial charge >= 0.3 is 0 Å². The van der Waals surface area contributed by atoms with Crippen molar-refractivity contribution in [2.24, 2.45) is 0 Å². The summed E-state index contributed by atoms with van der Waals surface area (Å²) in [6.45, 7) is 1.11. The standard InChI is InChI=1S/C17H19BrN2O5S2/c1-24-13-5-3-4-12(16(13)25-2)17(21)19-8-10-20(11-9-19)27(22,23)15-7-6-14(18)26-15/h3-7H,8-11H2,1-2H3. The summed E-state index contributed by atoms with van der Waals surface area (Å²) < 4.78 is 38.5. The summed E-state index contributed by atoms with van der Waals surface area (Å²) in [7, 11) is -0.542. The molecule has 0 saturated carbocycles. The topological polar surface area (TPSA) is 76.2 Å². The quantitative estimate of drug-likeness (QED) is 0.665. The predicted octanol–water partition coefficient (Wildman–Crippen LogP) is 2.67. The molecule has 0 N–H and O–H groups in total. The summed E-state index contributed by atoms with van der Waals surface area (Å²) in [6.07, 6.45) is 0. The Hall–Kier alpha value is -1.62. The lowest BCUT2D eigenvalue weighted by Crippen LogP contribution is -2.50. The molecule has 27 heavy (non-hydrogen) atoms. The molecule has 2 aromatic rings. The van der Waals surface area contributed by atoms with Crippen molar-refractivity contribution in [3.63, 3.8) is 0 Å².